The lowest BCUT2D eigenvalue weighted by Crippen LogP contribution is -2.14. The SMILES string of the molecule is C=C(NCCC)c1cc2ccccc2c(-c2ccc(Cl)cc2)c1OCCOCC.CC.CC.CC. The zero-order chi connectivity index (χ0) is 26.6. The topological polar surface area (TPSA) is 30.5 Å². The van der Waals surface area contributed by atoms with Gasteiger partial charge in [-0.3, -0.25) is 0 Å². The first-order chi connectivity index (χ1) is 17.2. The third-order valence-electron chi connectivity index (χ3n) is 4.73. The summed E-state index contributed by atoms with van der Waals surface area (Å²) in [7, 11) is 0. The van der Waals surface area contributed by atoms with Gasteiger partial charge in [-0.25, -0.2) is 0 Å². The molecule has 0 atom stereocenters. The molecule has 0 fully saturated rings. The van der Waals surface area contributed by atoms with Crippen LogP contribution in [0.2, 0.25) is 5.02 Å². The molecule has 3 aromatic carbocycles. The first-order valence-corrected chi connectivity index (χ1v) is 13.5. The molecule has 3 rings (SSSR count). The summed E-state index contributed by atoms with van der Waals surface area (Å²) in [4.78, 5) is 0. The Morgan fingerprint density at radius 2 is 1.51 bits per heavy atom. The quantitative estimate of drug-likeness (QED) is 0.281. The molecule has 0 aromatic heterocycles. The Morgan fingerprint density at radius 3 is 2.11 bits per heavy atom. The fourth-order valence-electron chi connectivity index (χ4n) is 3.32. The molecular weight excluding hydrogens is 454 g/mol. The van der Waals surface area contributed by atoms with Gasteiger partial charge < -0.3 is 14.8 Å². The number of nitrogens with one attached hydrogen (secondary N) is 1. The van der Waals surface area contributed by atoms with Gasteiger partial charge >= 0.3 is 0 Å². The van der Waals surface area contributed by atoms with Crippen LogP contribution in [0.3, 0.4) is 0 Å². The predicted molar refractivity (Wildman–Crippen MR) is 158 cm³/mol. The van der Waals surface area contributed by atoms with Crippen molar-refractivity contribution in [3.05, 3.63) is 71.8 Å². The van der Waals surface area contributed by atoms with E-state index >= 15 is 0 Å². The summed E-state index contributed by atoms with van der Waals surface area (Å²) in [6.45, 7) is 22.9. The maximum absolute atomic E-state index is 6.31. The number of benzene rings is 3. The molecule has 35 heavy (non-hydrogen) atoms. The smallest absolute Gasteiger partial charge is 0.137 e. The minimum absolute atomic E-state index is 0.473. The van der Waals surface area contributed by atoms with Crippen LogP contribution in [0.15, 0.2) is 61.2 Å². The van der Waals surface area contributed by atoms with Crippen LogP contribution in [0.4, 0.5) is 0 Å². The Bertz CT molecular complexity index is 968. The van der Waals surface area contributed by atoms with Gasteiger partial charge in [0.1, 0.15) is 12.4 Å². The Labute approximate surface area is 219 Å². The molecule has 4 heteroatoms. The molecule has 0 spiro atoms. The standard InChI is InChI=1S/C25H28ClNO2.3C2H6/c1-4-14-27-18(3)23-17-20-8-6-7-9-22(20)24(19-10-12-21(26)13-11-19)25(23)29-16-15-28-5-2;3*1-2/h6-13,17,27H,3-5,14-16H2,1-2H3;3*1-2H3. The van der Waals surface area contributed by atoms with E-state index in [2.05, 4.69) is 49.2 Å². The fourth-order valence-corrected chi connectivity index (χ4v) is 3.45. The molecule has 0 aliphatic rings. The number of hydrogen-bond acceptors (Lipinski definition) is 3. The van der Waals surface area contributed by atoms with Crippen molar-refractivity contribution >= 4 is 28.1 Å². The maximum Gasteiger partial charge on any atom is 0.137 e. The van der Waals surface area contributed by atoms with Crippen molar-refractivity contribution in [1.82, 2.24) is 5.32 Å². The van der Waals surface area contributed by atoms with Gasteiger partial charge in [-0.2, -0.15) is 0 Å². The lowest BCUT2D eigenvalue weighted by atomic mass is 9.93. The molecule has 0 radical (unpaired) electrons. The van der Waals surface area contributed by atoms with Gasteiger partial charge in [-0.05, 0) is 47.9 Å². The van der Waals surface area contributed by atoms with Crippen LogP contribution >= 0.6 is 11.6 Å². The molecule has 0 amide bonds. The first-order valence-electron chi connectivity index (χ1n) is 13.1. The summed E-state index contributed by atoms with van der Waals surface area (Å²) < 4.78 is 11.8. The summed E-state index contributed by atoms with van der Waals surface area (Å²) in [6.07, 6.45) is 1.02. The van der Waals surface area contributed by atoms with Crippen molar-refractivity contribution in [2.75, 3.05) is 26.4 Å². The van der Waals surface area contributed by atoms with E-state index in [-0.39, 0.29) is 0 Å². The molecule has 0 heterocycles. The van der Waals surface area contributed by atoms with Crippen molar-refractivity contribution in [2.45, 2.75) is 61.8 Å². The highest BCUT2D eigenvalue weighted by Crippen LogP contribution is 2.42. The second kappa shape index (κ2) is 19.8. The zero-order valence-electron chi connectivity index (χ0n) is 23.1. The van der Waals surface area contributed by atoms with E-state index in [1.165, 1.54) is 0 Å². The van der Waals surface area contributed by atoms with Gasteiger partial charge in [-0.1, -0.05) is 103 Å². The van der Waals surface area contributed by atoms with Crippen molar-refractivity contribution in [3.8, 4) is 16.9 Å². The number of hydrogen-bond donors (Lipinski definition) is 1. The lowest BCUT2D eigenvalue weighted by Gasteiger charge is -2.21. The fraction of sp³-hybridized carbons (Fsp3) is 0.419. The molecule has 0 bridgehead atoms. The Kier molecular flexibility index (Phi) is 18.4. The van der Waals surface area contributed by atoms with E-state index in [9.17, 15) is 0 Å². The van der Waals surface area contributed by atoms with Crippen LogP contribution in [0.5, 0.6) is 5.75 Å². The molecule has 3 nitrogen and oxygen atoms in total. The van der Waals surface area contributed by atoms with Crippen molar-refractivity contribution in [2.24, 2.45) is 0 Å². The van der Waals surface area contributed by atoms with Gasteiger partial charge in [0.05, 0.1) is 6.61 Å². The lowest BCUT2D eigenvalue weighted by molar-refractivity contribution is 0.110. The molecule has 0 aliphatic heterocycles. The number of halogens is 1. The Balaban J connectivity index is 0.00000179. The van der Waals surface area contributed by atoms with Gasteiger partial charge in [0.15, 0.2) is 0 Å². The molecule has 194 valence electrons. The Morgan fingerprint density at radius 1 is 0.886 bits per heavy atom. The van der Waals surface area contributed by atoms with Gasteiger partial charge in [0, 0.05) is 35.0 Å². The summed E-state index contributed by atoms with van der Waals surface area (Å²) in [5, 5.41) is 6.40. The van der Waals surface area contributed by atoms with E-state index in [4.69, 9.17) is 21.1 Å². The molecule has 0 saturated heterocycles. The third kappa shape index (κ3) is 9.95. The molecule has 0 aliphatic carbocycles. The number of fused-ring (bicyclic) bond motifs is 1. The van der Waals surface area contributed by atoms with Crippen molar-refractivity contribution in [1.29, 1.82) is 0 Å². The summed E-state index contributed by atoms with van der Waals surface area (Å²) in [5.41, 5.74) is 3.94. The van der Waals surface area contributed by atoms with Crippen molar-refractivity contribution in [3.63, 3.8) is 0 Å². The van der Waals surface area contributed by atoms with Crippen LogP contribution in [0.1, 0.15) is 67.4 Å². The summed E-state index contributed by atoms with van der Waals surface area (Å²) in [6, 6.07) is 18.4. The van der Waals surface area contributed by atoms with E-state index in [1.807, 2.05) is 72.7 Å². The molecule has 3 aromatic rings. The van der Waals surface area contributed by atoms with E-state index < -0.39 is 0 Å². The van der Waals surface area contributed by atoms with Gasteiger partial charge in [0.2, 0.25) is 0 Å². The summed E-state index contributed by atoms with van der Waals surface area (Å²) in [5.74, 6) is 0.819. The van der Waals surface area contributed by atoms with E-state index in [1.54, 1.807) is 0 Å². The maximum atomic E-state index is 6.31. The highest BCUT2D eigenvalue weighted by molar-refractivity contribution is 6.30. The normalized spacial score (nSPS) is 9.51. The van der Waals surface area contributed by atoms with Crippen LogP contribution in [0.25, 0.3) is 27.6 Å². The zero-order valence-corrected chi connectivity index (χ0v) is 23.9. The average Bonchev–Trinajstić information content (AvgIpc) is 2.93. The Hall–Kier alpha value is -2.49. The monoisotopic (exact) mass is 499 g/mol. The molecule has 0 saturated carbocycles. The number of ether oxygens (including phenoxy) is 2. The van der Waals surface area contributed by atoms with Crippen molar-refractivity contribution < 1.29 is 9.47 Å². The minimum atomic E-state index is 0.473. The third-order valence-corrected chi connectivity index (χ3v) is 4.98. The first kappa shape index (κ1) is 32.5. The summed E-state index contributed by atoms with van der Waals surface area (Å²) >= 11 is 6.14. The van der Waals surface area contributed by atoms with E-state index in [0.29, 0.717) is 24.8 Å². The highest BCUT2D eigenvalue weighted by Gasteiger charge is 2.18. The molecule has 1 N–H and O–H groups in total. The van der Waals surface area contributed by atoms with Gasteiger partial charge in [-0.15, -0.1) is 0 Å². The van der Waals surface area contributed by atoms with Crippen LogP contribution in [-0.2, 0) is 4.74 Å². The molecule has 0 unspecified atom stereocenters. The average molecular weight is 500 g/mol. The van der Waals surface area contributed by atoms with Gasteiger partial charge in [0.25, 0.3) is 0 Å². The van der Waals surface area contributed by atoms with Crippen LogP contribution < -0.4 is 10.1 Å². The minimum Gasteiger partial charge on any atom is -0.490 e. The second-order valence-corrected chi connectivity index (χ2v) is 7.24. The van der Waals surface area contributed by atoms with E-state index in [0.717, 1.165) is 51.9 Å². The number of rotatable bonds is 10. The largest absolute Gasteiger partial charge is 0.490 e. The molecular formula is C31H46ClNO2. The second-order valence-electron chi connectivity index (χ2n) is 6.81. The highest BCUT2D eigenvalue weighted by atomic mass is 35.5. The predicted octanol–water partition coefficient (Wildman–Crippen LogP) is 9.62. The van der Waals surface area contributed by atoms with Crippen LogP contribution in [-0.4, -0.2) is 26.4 Å². The van der Waals surface area contributed by atoms with Crippen LogP contribution in [0, 0.1) is 0 Å².